The molecule has 8 heteroatoms. The molecule has 0 saturated carbocycles. The number of pyridine rings is 1. The van der Waals surface area contributed by atoms with Crippen molar-refractivity contribution >= 4 is 40.6 Å². The average molecular weight is 558 g/mol. The fraction of sp³-hybridized carbons (Fsp3) is 0.250. The van der Waals surface area contributed by atoms with Crippen LogP contribution in [-0.2, 0) is 21.7 Å². The number of carbonyl (C=O) groups is 1. The molecular formula is C32H28ClNO6. The van der Waals surface area contributed by atoms with Gasteiger partial charge in [0, 0.05) is 22.4 Å². The van der Waals surface area contributed by atoms with Crippen LogP contribution in [0.2, 0.25) is 5.02 Å². The van der Waals surface area contributed by atoms with Crippen molar-refractivity contribution in [1.29, 1.82) is 0 Å². The van der Waals surface area contributed by atoms with Gasteiger partial charge in [-0.25, -0.2) is 9.78 Å². The molecule has 7 nitrogen and oxygen atoms in total. The summed E-state index contributed by atoms with van der Waals surface area (Å²) in [5, 5.41) is 11.5. The Morgan fingerprint density at radius 1 is 0.925 bits per heavy atom. The van der Waals surface area contributed by atoms with Crippen LogP contribution in [0, 0.1) is 0 Å². The Morgan fingerprint density at radius 2 is 1.70 bits per heavy atom. The number of carboxylic acid groups (broad SMARTS) is 1. The summed E-state index contributed by atoms with van der Waals surface area (Å²) >= 11 is 6.15. The van der Waals surface area contributed by atoms with E-state index in [1.165, 1.54) is 0 Å². The predicted molar refractivity (Wildman–Crippen MR) is 153 cm³/mol. The van der Waals surface area contributed by atoms with Crippen LogP contribution in [0.1, 0.15) is 45.6 Å². The number of hydrogen-bond acceptors (Lipinski definition) is 6. The highest BCUT2D eigenvalue weighted by atomic mass is 35.5. The topological polar surface area (TPSA) is 87.1 Å². The average Bonchev–Trinajstić information content (AvgIpc) is 2.99. The molecule has 0 bridgehead atoms. The van der Waals surface area contributed by atoms with E-state index in [1.54, 1.807) is 12.1 Å². The molecule has 2 aliphatic rings. The van der Waals surface area contributed by atoms with E-state index in [1.807, 2.05) is 66.7 Å². The molecule has 3 aromatic carbocycles. The van der Waals surface area contributed by atoms with Gasteiger partial charge in [0.1, 0.15) is 13.2 Å². The maximum absolute atomic E-state index is 12.1. The minimum atomic E-state index is -1.01. The van der Waals surface area contributed by atoms with Crippen LogP contribution < -0.4 is 9.47 Å². The zero-order valence-electron chi connectivity index (χ0n) is 21.8. The van der Waals surface area contributed by atoms with E-state index in [4.69, 9.17) is 35.5 Å². The molecule has 0 amide bonds. The Bertz CT molecular complexity index is 1590. The Labute approximate surface area is 236 Å². The lowest BCUT2D eigenvalue weighted by atomic mass is 9.93. The van der Waals surface area contributed by atoms with Crippen LogP contribution in [0.25, 0.3) is 23.1 Å². The van der Waals surface area contributed by atoms with Crippen molar-refractivity contribution in [1.82, 2.24) is 4.98 Å². The van der Waals surface area contributed by atoms with E-state index in [-0.39, 0.29) is 5.56 Å². The molecule has 0 radical (unpaired) electrons. The Balaban J connectivity index is 1.27. The van der Waals surface area contributed by atoms with Gasteiger partial charge in [-0.05, 0) is 66.4 Å². The van der Waals surface area contributed by atoms with Crippen molar-refractivity contribution in [3.8, 4) is 11.5 Å². The second kappa shape index (κ2) is 11.3. The Kier molecular flexibility index (Phi) is 7.43. The third-order valence-electron chi connectivity index (χ3n) is 7.13. The van der Waals surface area contributed by atoms with Crippen molar-refractivity contribution in [2.24, 2.45) is 0 Å². The number of benzene rings is 3. The molecule has 0 spiro atoms. The van der Waals surface area contributed by atoms with Crippen molar-refractivity contribution in [2.75, 3.05) is 26.4 Å². The molecule has 1 aromatic heterocycles. The Morgan fingerprint density at radius 3 is 2.50 bits per heavy atom. The summed E-state index contributed by atoms with van der Waals surface area (Å²) in [5.74, 6) is -0.996. The van der Waals surface area contributed by atoms with Crippen LogP contribution in [0.4, 0.5) is 0 Å². The lowest BCUT2D eigenvalue weighted by molar-refractivity contribution is -0.279. The fourth-order valence-electron chi connectivity index (χ4n) is 5.13. The van der Waals surface area contributed by atoms with Crippen LogP contribution in [0.15, 0.2) is 66.7 Å². The molecule has 0 aliphatic carbocycles. The molecule has 1 saturated heterocycles. The van der Waals surface area contributed by atoms with E-state index >= 15 is 0 Å². The number of ether oxygens (including phenoxy) is 4. The normalized spacial score (nSPS) is 16.3. The van der Waals surface area contributed by atoms with Crippen LogP contribution >= 0.6 is 11.6 Å². The first-order chi connectivity index (χ1) is 19.5. The van der Waals surface area contributed by atoms with Crippen LogP contribution in [-0.4, -0.2) is 42.5 Å². The molecule has 6 rings (SSSR count). The molecule has 2 aliphatic heterocycles. The highest BCUT2D eigenvalue weighted by molar-refractivity contribution is 6.31. The first-order valence-corrected chi connectivity index (χ1v) is 13.7. The molecular weight excluding hydrogens is 530 g/mol. The molecule has 40 heavy (non-hydrogen) atoms. The van der Waals surface area contributed by atoms with Crippen molar-refractivity contribution in [3.05, 3.63) is 99.7 Å². The summed E-state index contributed by atoms with van der Waals surface area (Å²) in [7, 11) is 0. The molecule has 1 fully saturated rings. The van der Waals surface area contributed by atoms with Gasteiger partial charge in [0.05, 0.1) is 30.0 Å². The van der Waals surface area contributed by atoms with Crippen LogP contribution in [0.3, 0.4) is 0 Å². The minimum Gasteiger partial charge on any atom is -0.486 e. The zero-order valence-corrected chi connectivity index (χ0v) is 22.5. The minimum absolute atomic E-state index is 0.191. The van der Waals surface area contributed by atoms with Crippen molar-refractivity contribution in [3.63, 3.8) is 0 Å². The number of fused-ring (bicyclic) bond motifs is 2. The van der Waals surface area contributed by atoms with Gasteiger partial charge in [0.2, 0.25) is 0 Å². The van der Waals surface area contributed by atoms with E-state index in [9.17, 15) is 9.90 Å². The highest BCUT2D eigenvalue weighted by Gasteiger charge is 2.37. The lowest BCUT2D eigenvalue weighted by Gasteiger charge is -2.38. The highest BCUT2D eigenvalue weighted by Crippen LogP contribution is 2.39. The van der Waals surface area contributed by atoms with E-state index in [2.05, 4.69) is 0 Å². The number of hydrogen-bond donors (Lipinski definition) is 1. The van der Waals surface area contributed by atoms with Gasteiger partial charge in [-0.1, -0.05) is 48.0 Å². The maximum Gasteiger partial charge on any atom is 0.336 e. The standard InChI is InChI=1S/C32H28ClNO6/c33-25-8-6-22-7-10-26(34-28(22)19-25)9-5-21-3-1-4-24(17-21)32(39-13-2-14-40-32)12-11-23-18-29-30(38-16-15-37-29)20-27(23)31(35)36/h1,3-10,17-20H,2,11-16H2,(H,35,36)/b9-5+. The third-order valence-corrected chi connectivity index (χ3v) is 7.36. The lowest BCUT2D eigenvalue weighted by Crippen LogP contribution is -2.38. The Hall–Kier alpha value is -3.91. The number of aromatic nitrogens is 1. The summed E-state index contributed by atoms with van der Waals surface area (Å²) in [6, 6.07) is 21.0. The van der Waals surface area contributed by atoms with Crippen molar-refractivity contribution < 1.29 is 28.8 Å². The number of carboxylic acids is 1. The summed E-state index contributed by atoms with van der Waals surface area (Å²) in [6.07, 6.45) is 5.61. The van der Waals surface area contributed by atoms with E-state index < -0.39 is 11.8 Å². The van der Waals surface area contributed by atoms with Gasteiger partial charge in [0.15, 0.2) is 17.3 Å². The molecule has 0 atom stereocenters. The molecule has 204 valence electrons. The summed E-state index contributed by atoms with van der Waals surface area (Å²) in [6.45, 7) is 1.93. The van der Waals surface area contributed by atoms with Gasteiger partial charge in [-0.2, -0.15) is 0 Å². The molecule has 1 N–H and O–H groups in total. The number of aryl methyl sites for hydroxylation is 1. The number of rotatable bonds is 7. The van der Waals surface area contributed by atoms with Gasteiger partial charge in [-0.15, -0.1) is 0 Å². The second-order valence-electron chi connectivity index (χ2n) is 9.79. The molecule has 3 heterocycles. The summed E-state index contributed by atoms with van der Waals surface area (Å²) in [4.78, 5) is 16.8. The third kappa shape index (κ3) is 5.54. The maximum atomic E-state index is 12.1. The molecule has 0 unspecified atom stereocenters. The number of aromatic carboxylic acids is 1. The SMILES string of the molecule is O=C(O)c1cc2c(cc1CCC1(c3cccc(/C=C/c4ccc5ccc(Cl)cc5n4)c3)OCCCO1)OCCO2. The van der Waals surface area contributed by atoms with Crippen molar-refractivity contribution in [2.45, 2.75) is 25.0 Å². The smallest absolute Gasteiger partial charge is 0.336 e. The zero-order chi connectivity index (χ0) is 27.5. The first-order valence-electron chi connectivity index (χ1n) is 13.3. The number of halogens is 1. The predicted octanol–water partition coefficient (Wildman–Crippen LogP) is 6.75. The number of nitrogens with zero attached hydrogens (tertiary/aromatic N) is 1. The molecule has 4 aromatic rings. The second-order valence-corrected chi connectivity index (χ2v) is 10.2. The largest absolute Gasteiger partial charge is 0.486 e. The summed E-state index contributed by atoms with van der Waals surface area (Å²) in [5.41, 5.74) is 4.34. The van der Waals surface area contributed by atoms with Gasteiger partial charge < -0.3 is 24.1 Å². The monoisotopic (exact) mass is 557 g/mol. The van der Waals surface area contributed by atoms with Gasteiger partial charge >= 0.3 is 5.97 Å². The van der Waals surface area contributed by atoms with E-state index in [0.29, 0.717) is 61.4 Å². The van der Waals surface area contributed by atoms with E-state index in [0.717, 1.165) is 34.1 Å². The fourth-order valence-corrected chi connectivity index (χ4v) is 5.29. The van der Waals surface area contributed by atoms with Gasteiger partial charge in [-0.3, -0.25) is 0 Å². The quantitative estimate of drug-likeness (QED) is 0.269. The van der Waals surface area contributed by atoms with Gasteiger partial charge in [0.25, 0.3) is 0 Å². The first kappa shape index (κ1) is 26.3. The van der Waals surface area contributed by atoms with Crippen LogP contribution in [0.5, 0.6) is 11.5 Å². The summed E-state index contributed by atoms with van der Waals surface area (Å²) < 4.78 is 23.9.